The lowest BCUT2D eigenvalue weighted by molar-refractivity contribution is 0.310. The molecule has 0 radical (unpaired) electrons. The average Bonchev–Trinajstić information content (AvgIpc) is 2.77. The van der Waals surface area contributed by atoms with Crippen molar-refractivity contribution in [2.45, 2.75) is 38.3 Å². The van der Waals surface area contributed by atoms with Crippen LogP contribution in [0.4, 0.5) is 0 Å². The van der Waals surface area contributed by atoms with Crippen LogP contribution in [-0.2, 0) is 6.54 Å². The highest BCUT2D eigenvalue weighted by atomic mass is 15.2. The third-order valence-corrected chi connectivity index (χ3v) is 2.96. The summed E-state index contributed by atoms with van der Waals surface area (Å²) in [4.78, 5) is 0. The Labute approximate surface area is 78.4 Å². The van der Waals surface area contributed by atoms with E-state index in [0.717, 1.165) is 13.1 Å². The molecule has 0 amide bonds. The predicted octanol–water partition coefficient (Wildman–Crippen LogP) is 0.810. The summed E-state index contributed by atoms with van der Waals surface area (Å²) < 4.78 is 2.06. The van der Waals surface area contributed by atoms with Gasteiger partial charge in [-0.15, -0.1) is 10.2 Å². The lowest BCUT2D eigenvalue weighted by Crippen LogP contribution is -2.42. The highest BCUT2D eigenvalue weighted by molar-refractivity contribution is 4.92. The topological polar surface area (TPSA) is 42.7 Å². The average molecular weight is 180 g/mol. The van der Waals surface area contributed by atoms with Crippen LogP contribution in [0.1, 0.15) is 26.2 Å². The van der Waals surface area contributed by atoms with Crippen molar-refractivity contribution in [2.75, 3.05) is 6.54 Å². The third-order valence-electron chi connectivity index (χ3n) is 2.96. The van der Waals surface area contributed by atoms with E-state index in [4.69, 9.17) is 0 Å². The van der Waals surface area contributed by atoms with Crippen LogP contribution in [0.15, 0.2) is 12.7 Å². The summed E-state index contributed by atoms with van der Waals surface area (Å²) >= 11 is 0. The Kier molecular flexibility index (Phi) is 2.31. The fourth-order valence-electron chi connectivity index (χ4n) is 2.07. The molecule has 1 aromatic rings. The van der Waals surface area contributed by atoms with Crippen molar-refractivity contribution in [3.8, 4) is 0 Å². The van der Waals surface area contributed by atoms with Crippen LogP contribution in [0.2, 0.25) is 0 Å². The largest absolute Gasteiger partial charge is 0.318 e. The van der Waals surface area contributed by atoms with Crippen LogP contribution in [0.3, 0.4) is 0 Å². The zero-order chi connectivity index (χ0) is 9.15. The predicted molar refractivity (Wildman–Crippen MR) is 50.3 cm³/mol. The normalized spacial score (nSPS) is 28.1. The van der Waals surface area contributed by atoms with E-state index in [1.807, 2.05) is 0 Å². The summed E-state index contributed by atoms with van der Waals surface area (Å²) in [5.74, 6) is 0. The van der Waals surface area contributed by atoms with Crippen molar-refractivity contribution in [1.82, 2.24) is 20.1 Å². The van der Waals surface area contributed by atoms with E-state index >= 15 is 0 Å². The molecule has 0 aromatic carbocycles. The molecule has 1 N–H and O–H groups in total. The highest BCUT2D eigenvalue weighted by Crippen LogP contribution is 2.24. The number of nitrogens with one attached hydrogen (secondary N) is 1. The third kappa shape index (κ3) is 1.72. The van der Waals surface area contributed by atoms with Crippen LogP contribution in [0.5, 0.6) is 0 Å². The number of hydrogen-bond donors (Lipinski definition) is 1. The Morgan fingerprint density at radius 1 is 1.46 bits per heavy atom. The Morgan fingerprint density at radius 2 is 2.23 bits per heavy atom. The van der Waals surface area contributed by atoms with Crippen molar-refractivity contribution in [1.29, 1.82) is 0 Å². The Balaban J connectivity index is 2.06. The van der Waals surface area contributed by atoms with Crippen LogP contribution >= 0.6 is 0 Å². The number of hydrogen-bond acceptors (Lipinski definition) is 3. The van der Waals surface area contributed by atoms with Gasteiger partial charge in [-0.2, -0.15) is 0 Å². The van der Waals surface area contributed by atoms with Gasteiger partial charge in [0, 0.05) is 12.1 Å². The molecular formula is C9H16N4. The molecule has 1 atom stereocenters. The first-order valence-electron chi connectivity index (χ1n) is 4.92. The van der Waals surface area contributed by atoms with E-state index < -0.39 is 0 Å². The second-order valence-corrected chi connectivity index (χ2v) is 3.80. The highest BCUT2D eigenvalue weighted by Gasteiger charge is 2.31. The van der Waals surface area contributed by atoms with E-state index in [2.05, 4.69) is 27.0 Å². The van der Waals surface area contributed by atoms with Gasteiger partial charge in [0.05, 0.1) is 0 Å². The molecular weight excluding hydrogens is 164 g/mol. The first-order chi connectivity index (χ1) is 6.35. The zero-order valence-electron chi connectivity index (χ0n) is 8.03. The molecule has 72 valence electrons. The minimum absolute atomic E-state index is 0.294. The van der Waals surface area contributed by atoms with Gasteiger partial charge >= 0.3 is 0 Å². The fourth-order valence-corrected chi connectivity index (χ4v) is 2.07. The second kappa shape index (κ2) is 3.46. The van der Waals surface area contributed by atoms with Crippen molar-refractivity contribution in [3.63, 3.8) is 0 Å². The SMILES string of the molecule is CCC1(Cn2cnnc2)CCCN1. The molecule has 1 unspecified atom stereocenters. The molecule has 2 rings (SSSR count). The first kappa shape index (κ1) is 8.69. The van der Waals surface area contributed by atoms with Crippen molar-refractivity contribution in [2.24, 2.45) is 0 Å². The minimum atomic E-state index is 0.294. The Hall–Kier alpha value is -0.900. The van der Waals surface area contributed by atoms with Crippen molar-refractivity contribution >= 4 is 0 Å². The fraction of sp³-hybridized carbons (Fsp3) is 0.778. The summed E-state index contributed by atoms with van der Waals surface area (Å²) in [6, 6.07) is 0. The summed E-state index contributed by atoms with van der Waals surface area (Å²) in [5.41, 5.74) is 0.294. The summed E-state index contributed by atoms with van der Waals surface area (Å²) in [6.45, 7) is 4.38. The van der Waals surface area contributed by atoms with E-state index in [0.29, 0.717) is 5.54 Å². The van der Waals surface area contributed by atoms with Gasteiger partial charge < -0.3 is 9.88 Å². The lowest BCUT2D eigenvalue weighted by atomic mass is 9.94. The maximum absolute atomic E-state index is 3.81. The molecule has 1 aromatic heterocycles. The van der Waals surface area contributed by atoms with Gasteiger partial charge in [-0.25, -0.2) is 0 Å². The van der Waals surface area contributed by atoms with Crippen LogP contribution in [0, 0.1) is 0 Å². The maximum Gasteiger partial charge on any atom is 0.119 e. The smallest absolute Gasteiger partial charge is 0.119 e. The standard InChI is InChI=1S/C9H16N4/c1-2-9(4-3-5-10-9)6-13-7-11-12-8-13/h7-8,10H,2-6H2,1H3. The van der Waals surface area contributed by atoms with Crippen molar-refractivity contribution < 1.29 is 0 Å². The van der Waals surface area contributed by atoms with Gasteiger partial charge in [0.25, 0.3) is 0 Å². The molecule has 2 heterocycles. The monoisotopic (exact) mass is 180 g/mol. The molecule has 13 heavy (non-hydrogen) atoms. The number of rotatable bonds is 3. The molecule has 1 aliphatic rings. The molecule has 0 spiro atoms. The number of nitrogens with zero attached hydrogens (tertiary/aromatic N) is 3. The van der Waals surface area contributed by atoms with E-state index in [9.17, 15) is 0 Å². The van der Waals surface area contributed by atoms with Crippen molar-refractivity contribution in [3.05, 3.63) is 12.7 Å². The minimum Gasteiger partial charge on any atom is -0.318 e. The summed E-state index contributed by atoms with van der Waals surface area (Å²) in [5, 5.41) is 11.2. The number of aromatic nitrogens is 3. The molecule has 0 saturated carbocycles. The molecule has 4 nitrogen and oxygen atoms in total. The van der Waals surface area contributed by atoms with E-state index in [1.165, 1.54) is 19.3 Å². The van der Waals surface area contributed by atoms with E-state index in [1.54, 1.807) is 12.7 Å². The molecule has 4 heteroatoms. The quantitative estimate of drug-likeness (QED) is 0.748. The van der Waals surface area contributed by atoms with Gasteiger partial charge in [-0.05, 0) is 25.8 Å². The maximum atomic E-state index is 3.81. The lowest BCUT2D eigenvalue weighted by Gasteiger charge is -2.28. The molecule has 0 bridgehead atoms. The van der Waals surface area contributed by atoms with E-state index in [-0.39, 0.29) is 0 Å². The van der Waals surface area contributed by atoms with Gasteiger partial charge in [-0.1, -0.05) is 6.92 Å². The summed E-state index contributed by atoms with van der Waals surface area (Å²) in [6.07, 6.45) is 7.30. The van der Waals surface area contributed by atoms with Gasteiger partial charge in [0.1, 0.15) is 12.7 Å². The molecule has 0 aliphatic carbocycles. The van der Waals surface area contributed by atoms with Crippen LogP contribution < -0.4 is 5.32 Å². The van der Waals surface area contributed by atoms with Gasteiger partial charge in [-0.3, -0.25) is 0 Å². The van der Waals surface area contributed by atoms with Gasteiger partial charge in [0.15, 0.2) is 0 Å². The van der Waals surface area contributed by atoms with Gasteiger partial charge in [0.2, 0.25) is 0 Å². The zero-order valence-corrected chi connectivity index (χ0v) is 8.03. The second-order valence-electron chi connectivity index (χ2n) is 3.80. The Morgan fingerprint density at radius 3 is 2.77 bits per heavy atom. The first-order valence-corrected chi connectivity index (χ1v) is 4.92. The summed E-state index contributed by atoms with van der Waals surface area (Å²) in [7, 11) is 0. The van der Waals surface area contributed by atoms with Crippen LogP contribution in [-0.4, -0.2) is 26.8 Å². The Bertz CT molecular complexity index is 249. The molecule has 1 aliphatic heterocycles. The molecule has 1 fully saturated rings. The molecule has 1 saturated heterocycles. The van der Waals surface area contributed by atoms with Crippen LogP contribution in [0.25, 0.3) is 0 Å².